The van der Waals surface area contributed by atoms with Crippen LogP contribution < -0.4 is 9.80 Å². The van der Waals surface area contributed by atoms with Gasteiger partial charge in [-0.3, -0.25) is 0 Å². The molecule has 4 nitrogen and oxygen atoms in total. The van der Waals surface area contributed by atoms with Crippen molar-refractivity contribution in [1.82, 2.24) is 8.80 Å². The van der Waals surface area contributed by atoms with Crippen molar-refractivity contribution in [3.05, 3.63) is 206 Å². The highest BCUT2D eigenvalue weighted by Crippen LogP contribution is 2.47. The molecule has 4 aromatic heterocycles. The number of anilines is 6. The van der Waals surface area contributed by atoms with Gasteiger partial charge >= 0.3 is 0 Å². The second-order valence-electron chi connectivity index (χ2n) is 15.7. The van der Waals surface area contributed by atoms with Crippen LogP contribution in [0.25, 0.3) is 76.2 Å². The monoisotopic (exact) mass is 774 g/mol. The van der Waals surface area contributed by atoms with E-state index in [1.807, 2.05) is 48.5 Å². The molecule has 13 aromatic rings. The summed E-state index contributed by atoms with van der Waals surface area (Å²) in [4.78, 5) is 4.24. The number of benzene rings is 9. The Balaban J connectivity index is 1.08. The fraction of sp³-hybridized carbons (Fsp3) is 0. The Morgan fingerprint density at radius 1 is 0.267 bits per heavy atom. The zero-order valence-electron chi connectivity index (χ0n) is 32.0. The van der Waals surface area contributed by atoms with Crippen LogP contribution in [-0.4, -0.2) is 8.80 Å². The van der Waals surface area contributed by atoms with Crippen LogP contribution in [0.1, 0.15) is 0 Å². The smallest absolute Gasteiger partial charge is 0.125 e. The second-order valence-corrected chi connectivity index (χ2v) is 15.7. The van der Waals surface area contributed by atoms with Gasteiger partial charge in [-0.1, -0.05) is 97.1 Å². The Morgan fingerprint density at radius 2 is 0.617 bits per heavy atom. The van der Waals surface area contributed by atoms with Crippen molar-refractivity contribution >= 4 is 110 Å². The number of nitrogens with zero attached hydrogens (tertiary/aromatic N) is 4. The molecule has 60 heavy (non-hydrogen) atoms. The maximum atomic E-state index is 14.8. The molecule has 0 aliphatic rings. The molecule has 0 saturated heterocycles. The van der Waals surface area contributed by atoms with Gasteiger partial charge in [-0.2, -0.15) is 0 Å². The van der Waals surface area contributed by atoms with Crippen molar-refractivity contribution in [2.24, 2.45) is 0 Å². The fourth-order valence-corrected chi connectivity index (χ4v) is 9.98. The van der Waals surface area contributed by atoms with Crippen molar-refractivity contribution in [3.63, 3.8) is 0 Å². The van der Waals surface area contributed by atoms with Gasteiger partial charge in [-0.15, -0.1) is 0 Å². The van der Waals surface area contributed by atoms with Crippen LogP contribution in [0.15, 0.2) is 194 Å². The first kappa shape index (κ1) is 33.1. The number of hydrogen-bond acceptors (Lipinski definition) is 2. The Kier molecular flexibility index (Phi) is 6.76. The molecular weight excluding hydrogens is 743 g/mol. The highest BCUT2D eigenvalue weighted by molar-refractivity contribution is 6.29. The molecule has 0 spiro atoms. The summed E-state index contributed by atoms with van der Waals surface area (Å²) in [7, 11) is 0. The number of fused-ring (bicyclic) bond motifs is 12. The molecule has 0 unspecified atom stereocenters. The third-order valence-corrected chi connectivity index (χ3v) is 12.4. The number of hydrogen-bond donors (Lipinski definition) is 0. The minimum Gasteiger partial charge on any atom is -0.310 e. The summed E-state index contributed by atoms with van der Waals surface area (Å²) in [5.74, 6) is -0.558. The first-order valence-corrected chi connectivity index (χ1v) is 20.1. The summed E-state index contributed by atoms with van der Waals surface area (Å²) >= 11 is 0. The predicted molar refractivity (Wildman–Crippen MR) is 245 cm³/mol. The molecule has 0 N–H and O–H groups in total. The highest BCUT2D eigenvalue weighted by Gasteiger charge is 2.24. The van der Waals surface area contributed by atoms with Crippen LogP contribution >= 0.6 is 0 Å². The standard InChI is InChI=1S/C54H32F2N4/c55-33-11-7-17-37(27-33)57(35-13-3-1-4-14-35)39-23-25-41-43-19-9-21-45-47-32-52-48(31-51(47)59(53(43)45)49(41)29-39)46-22-10-20-44-42-26-24-40(30-50(42)60(52)54(44)46)58(36-15-5-2-6-16-36)38-18-8-12-34(56)28-38/h1-32H. The molecule has 0 amide bonds. The maximum absolute atomic E-state index is 14.8. The van der Waals surface area contributed by atoms with E-state index in [2.05, 4.69) is 128 Å². The van der Waals surface area contributed by atoms with Crippen LogP contribution in [-0.2, 0) is 0 Å². The summed E-state index contributed by atoms with van der Waals surface area (Å²) in [6.07, 6.45) is 0. The van der Waals surface area contributed by atoms with Gasteiger partial charge in [0.15, 0.2) is 0 Å². The first-order valence-electron chi connectivity index (χ1n) is 20.1. The van der Waals surface area contributed by atoms with Crippen LogP contribution in [0.4, 0.5) is 42.9 Å². The average Bonchev–Trinajstić information content (AvgIpc) is 4.00. The SMILES string of the molecule is Fc1cccc(N(c2ccccc2)c2ccc3c4cccc5c6cc7c(cc6n(c3c2)c45)c2cccc3c4ccc(N(c5ccccc5)c5cccc(F)c5)cc4n7c32)c1. The Hall–Kier alpha value is -7.96. The van der Waals surface area contributed by atoms with Crippen molar-refractivity contribution in [1.29, 1.82) is 0 Å². The van der Waals surface area contributed by atoms with E-state index in [-0.39, 0.29) is 11.6 Å². The van der Waals surface area contributed by atoms with E-state index in [1.54, 1.807) is 24.3 Å². The third kappa shape index (κ3) is 4.58. The average molecular weight is 775 g/mol. The molecule has 6 heteroatoms. The minimum atomic E-state index is -0.279. The fourth-order valence-electron chi connectivity index (χ4n) is 9.98. The molecule has 0 atom stereocenters. The molecule has 0 fully saturated rings. The van der Waals surface area contributed by atoms with Crippen LogP contribution in [0.5, 0.6) is 0 Å². The van der Waals surface area contributed by atoms with Gasteiger partial charge < -0.3 is 18.6 Å². The lowest BCUT2D eigenvalue weighted by Gasteiger charge is -2.25. The Bertz CT molecular complexity index is 3560. The summed E-state index contributed by atoms with van der Waals surface area (Å²) in [6, 6.07) is 65.0. The van der Waals surface area contributed by atoms with Gasteiger partial charge in [0.2, 0.25) is 0 Å². The Morgan fingerprint density at radius 3 is 1.03 bits per heavy atom. The van der Waals surface area contributed by atoms with E-state index in [9.17, 15) is 8.78 Å². The summed E-state index contributed by atoms with van der Waals surface area (Å²) in [6.45, 7) is 0. The normalized spacial score (nSPS) is 12.2. The topological polar surface area (TPSA) is 15.3 Å². The van der Waals surface area contributed by atoms with Gasteiger partial charge in [-0.25, -0.2) is 8.78 Å². The van der Waals surface area contributed by atoms with Crippen molar-refractivity contribution in [2.45, 2.75) is 0 Å². The lowest BCUT2D eigenvalue weighted by molar-refractivity contribution is 0.627. The van der Waals surface area contributed by atoms with Crippen molar-refractivity contribution < 1.29 is 8.78 Å². The maximum Gasteiger partial charge on any atom is 0.125 e. The van der Waals surface area contributed by atoms with E-state index in [0.29, 0.717) is 0 Å². The van der Waals surface area contributed by atoms with Gasteiger partial charge in [0, 0.05) is 77.2 Å². The first-order chi connectivity index (χ1) is 29.6. The number of halogens is 2. The molecule has 4 heterocycles. The molecule has 13 rings (SSSR count). The quantitative estimate of drug-likeness (QED) is 0.167. The van der Waals surface area contributed by atoms with E-state index < -0.39 is 0 Å². The molecule has 0 bridgehead atoms. The van der Waals surface area contributed by atoms with E-state index in [1.165, 1.54) is 66.3 Å². The van der Waals surface area contributed by atoms with Gasteiger partial charge in [0.05, 0.1) is 33.1 Å². The molecule has 9 aromatic carbocycles. The molecular formula is C54H32F2N4. The van der Waals surface area contributed by atoms with Crippen LogP contribution in [0, 0.1) is 11.6 Å². The predicted octanol–water partition coefficient (Wildman–Crippen LogP) is 15.2. The summed E-state index contributed by atoms with van der Waals surface area (Å²) in [5, 5.41) is 9.47. The van der Waals surface area contributed by atoms with Gasteiger partial charge in [0.25, 0.3) is 0 Å². The van der Waals surface area contributed by atoms with Crippen molar-refractivity contribution in [3.8, 4) is 0 Å². The third-order valence-electron chi connectivity index (χ3n) is 12.4. The summed E-state index contributed by atoms with van der Waals surface area (Å²) in [5.41, 5.74) is 12.1. The number of rotatable bonds is 6. The van der Waals surface area contributed by atoms with Crippen LogP contribution in [0.3, 0.4) is 0 Å². The number of para-hydroxylation sites is 4. The van der Waals surface area contributed by atoms with Gasteiger partial charge in [-0.05, 0) is 97.1 Å². The van der Waals surface area contributed by atoms with E-state index >= 15 is 0 Å². The minimum absolute atomic E-state index is 0.279. The zero-order valence-corrected chi connectivity index (χ0v) is 32.0. The summed E-state index contributed by atoms with van der Waals surface area (Å²) < 4.78 is 34.4. The molecule has 0 aliphatic carbocycles. The zero-order chi connectivity index (χ0) is 39.6. The van der Waals surface area contributed by atoms with Gasteiger partial charge in [0.1, 0.15) is 11.6 Å². The number of aromatic nitrogens is 2. The molecule has 0 radical (unpaired) electrons. The van der Waals surface area contributed by atoms with E-state index in [4.69, 9.17) is 0 Å². The lowest BCUT2D eigenvalue weighted by atomic mass is 10.0. The van der Waals surface area contributed by atoms with Crippen molar-refractivity contribution in [2.75, 3.05) is 9.80 Å². The lowest BCUT2D eigenvalue weighted by Crippen LogP contribution is -2.10. The second kappa shape index (κ2) is 12.3. The van der Waals surface area contributed by atoms with E-state index in [0.717, 1.165) is 56.2 Å². The highest BCUT2D eigenvalue weighted by atomic mass is 19.1. The molecule has 282 valence electrons. The largest absolute Gasteiger partial charge is 0.310 e. The van der Waals surface area contributed by atoms with Crippen LogP contribution in [0.2, 0.25) is 0 Å². The molecule has 0 aliphatic heterocycles. The Labute approximate surface area is 342 Å². The molecule has 0 saturated carbocycles.